The Bertz CT molecular complexity index is 728. The highest BCUT2D eigenvalue weighted by Gasteiger charge is 2.28. The molecule has 0 atom stereocenters. The first-order chi connectivity index (χ1) is 11.8. The molecule has 1 aliphatic rings. The molecule has 1 aliphatic heterocycles. The van der Waals surface area contributed by atoms with Gasteiger partial charge in [0.25, 0.3) is 5.91 Å². The third-order valence-electron chi connectivity index (χ3n) is 4.52. The van der Waals surface area contributed by atoms with E-state index in [1.807, 2.05) is 24.8 Å². The number of H-pyrrole nitrogens is 1. The number of nitrogens with zero attached hydrogens (tertiary/aromatic N) is 3. The van der Waals surface area contributed by atoms with Crippen LogP contribution in [0.25, 0.3) is 11.3 Å². The second-order valence-electron chi connectivity index (χ2n) is 7.29. The maximum atomic E-state index is 12.7. The first-order valence-corrected chi connectivity index (χ1v) is 8.88. The number of halogens is 1. The van der Waals surface area contributed by atoms with Crippen molar-refractivity contribution >= 4 is 17.5 Å². The predicted molar refractivity (Wildman–Crippen MR) is 96.4 cm³/mol. The van der Waals surface area contributed by atoms with Crippen LogP contribution in [0.3, 0.4) is 0 Å². The number of amides is 1. The largest absolute Gasteiger partial charge is 0.390 e. The SMILES string of the molecule is CC(C)(O)CC1CCN(C(=O)c2cc(-c3ccc(Cl)nc3)n[nH]2)CC1. The molecule has 0 bridgehead atoms. The number of aliphatic hydroxyl groups is 1. The Hall–Kier alpha value is -1.92. The van der Waals surface area contributed by atoms with E-state index >= 15 is 0 Å². The van der Waals surface area contributed by atoms with Crippen molar-refractivity contribution in [3.63, 3.8) is 0 Å². The highest BCUT2D eigenvalue weighted by atomic mass is 35.5. The van der Waals surface area contributed by atoms with Gasteiger partial charge in [-0.15, -0.1) is 0 Å². The molecule has 0 unspecified atom stereocenters. The van der Waals surface area contributed by atoms with Crippen LogP contribution in [0, 0.1) is 5.92 Å². The van der Waals surface area contributed by atoms with E-state index in [9.17, 15) is 9.90 Å². The summed E-state index contributed by atoms with van der Waals surface area (Å²) >= 11 is 5.79. The third kappa shape index (κ3) is 4.58. The van der Waals surface area contributed by atoms with Crippen LogP contribution in [0.4, 0.5) is 0 Å². The molecule has 25 heavy (non-hydrogen) atoms. The minimum absolute atomic E-state index is 0.0395. The molecular formula is C18H23ClN4O2. The first kappa shape index (κ1) is 17.9. The number of nitrogens with one attached hydrogen (secondary N) is 1. The molecule has 2 N–H and O–H groups in total. The second kappa shape index (κ2) is 7.14. The van der Waals surface area contributed by atoms with Gasteiger partial charge < -0.3 is 10.0 Å². The highest BCUT2D eigenvalue weighted by Crippen LogP contribution is 2.27. The predicted octanol–water partition coefficient (Wildman–Crippen LogP) is 3.14. The summed E-state index contributed by atoms with van der Waals surface area (Å²) in [5, 5.41) is 17.4. The molecule has 3 heterocycles. The van der Waals surface area contributed by atoms with Crippen molar-refractivity contribution in [1.82, 2.24) is 20.1 Å². The van der Waals surface area contributed by atoms with Gasteiger partial charge in [-0.1, -0.05) is 11.6 Å². The molecule has 0 aromatic carbocycles. The minimum Gasteiger partial charge on any atom is -0.390 e. The molecule has 1 fully saturated rings. The summed E-state index contributed by atoms with van der Waals surface area (Å²) in [6.07, 6.45) is 4.23. The Morgan fingerprint density at radius 3 is 2.72 bits per heavy atom. The van der Waals surface area contributed by atoms with E-state index in [-0.39, 0.29) is 5.91 Å². The van der Waals surface area contributed by atoms with Crippen molar-refractivity contribution in [3.05, 3.63) is 35.2 Å². The van der Waals surface area contributed by atoms with Crippen LogP contribution in [0.2, 0.25) is 5.15 Å². The van der Waals surface area contributed by atoms with Crippen LogP contribution < -0.4 is 0 Å². The van der Waals surface area contributed by atoms with Crippen molar-refractivity contribution in [2.24, 2.45) is 5.92 Å². The monoisotopic (exact) mass is 362 g/mol. The molecule has 1 amide bonds. The van der Waals surface area contributed by atoms with Crippen LogP contribution in [0.15, 0.2) is 24.4 Å². The Labute approximate surface area is 152 Å². The lowest BCUT2D eigenvalue weighted by Gasteiger charge is -2.34. The van der Waals surface area contributed by atoms with E-state index in [1.54, 1.807) is 18.3 Å². The van der Waals surface area contributed by atoms with Crippen LogP contribution in [0.5, 0.6) is 0 Å². The summed E-state index contributed by atoms with van der Waals surface area (Å²) in [5.74, 6) is 0.420. The molecule has 7 heteroatoms. The number of aromatic amines is 1. The smallest absolute Gasteiger partial charge is 0.271 e. The summed E-state index contributed by atoms with van der Waals surface area (Å²) in [4.78, 5) is 18.5. The van der Waals surface area contributed by atoms with Crippen molar-refractivity contribution in [2.45, 2.75) is 38.7 Å². The van der Waals surface area contributed by atoms with Crippen LogP contribution >= 0.6 is 11.6 Å². The fourth-order valence-corrected chi connectivity index (χ4v) is 3.44. The topological polar surface area (TPSA) is 82.1 Å². The number of hydrogen-bond acceptors (Lipinski definition) is 4. The van der Waals surface area contributed by atoms with Gasteiger partial charge in [0.05, 0.1) is 11.3 Å². The summed E-state index contributed by atoms with van der Waals surface area (Å²) in [7, 11) is 0. The van der Waals surface area contributed by atoms with E-state index < -0.39 is 5.60 Å². The number of pyridine rings is 1. The maximum Gasteiger partial charge on any atom is 0.271 e. The van der Waals surface area contributed by atoms with Gasteiger partial charge in [-0.05, 0) is 57.2 Å². The average molecular weight is 363 g/mol. The van der Waals surface area contributed by atoms with Gasteiger partial charge in [0.15, 0.2) is 0 Å². The molecule has 134 valence electrons. The van der Waals surface area contributed by atoms with Gasteiger partial charge in [0.1, 0.15) is 10.8 Å². The summed E-state index contributed by atoms with van der Waals surface area (Å²) in [6.45, 7) is 5.08. The van der Waals surface area contributed by atoms with Crippen molar-refractivity contribution in [3.8, 4) is 11.3 Å². The van der Waals surface area contributed by atoms with Crippen LogP contribution in [-0.4, -0.2) is 49.8 Å². The number of carbonyl (C=O) groups is 1. The average Bonchev–Trinajstić information content (AvgIpc) is 3.04. The van der Waals surface area contributed by atoms with Crippen LogP contribution in [0.1, 0.15) is 43.6 Å². The standard InChI is InChI=1S/C18H23ClN4O2/c1-18(2,25)10-12-5-7-23(8-6-12)17(24)15-9-14(21-22-15)13-3-4-16(19)20-11-13/h3-4,9,11-12,25H,5-8,10H2,1-2H3,(H,21,22). The first-order valence-electron chi connectivity index (χ1n) is 8.51. The fourth-order valence-electron chi connectivity index (χ4n) is 3.32. The Balaban J connectivity index is 1.62. The van der Waals surface area contributed by atoms with E-state index in [2.05, 4.69) is 15.2 Å². The quantitative estimate of drug-likeness (QED) is 0.818. The van der Waals surface area contributed by atoms with Crippen molar-refractivity contribution in [1.29, 1.82) is 0 Å². The van der Waals surface area contributed by atoms with E-state index in [0.717, 1.165) is 24.8 Å². The van der Waals surface area contributed by atoms with Crippen molar-refractivity contribution in [2.75, 3.05) is 13.1 Å². The lowest BCUT2D eigenvalue weighted by molar-refractivity contribution is 0.0357. The second-order valence-corrected chi connectivity index (χ2v) is 7.68. The molecule has 0 aliphatic carbocycles. The normalized spacial score (nSPS) is 16.2. The Morgan fingerprint density at radius 1 is 1.40 bits per heavy atom. The van der Waals surface area contributed by atoms with Gasteiger partial charge in [0, 0.05) is 24.8 Å². The van der Waals surface area contributed by atoms with Crippen molar-refractivity contribution < 1.29 is 9.90 Å². The van der Waals surface area contributed by atoms with Gasteiger partial charge in [-0.3, -0.25) is 9.89 Å². The van der Waals surface area contributed by atoms with Gasteiger partial charge >= 0.3 is 0 Å². The van der Waals surface area contributed by atoms with Gasteiger partial charge in [0.2, 0.25) is 0 Å². The zero-order chi connectivity index (χ0) is 18.0. The molecule has 2 aromatic rings. The molecule has 0 saturated carbocycles. The fraction of sp³-hybridized carbons (Fsp3) is 0.500. The molecule has 0 spiro atoms. The zero-order valence-electron chi connectivity index (χ0n) is 14.5. The number of hydrogen-bond donors (Lipinski definition) is 2. The van der Waals surface area contributed by atoms with Gasteiger partial charge in [-0.2, -0.15) is 5.10 Å². The number of rotatable bonds is 4. The molecule has 2 aromatic heterocycles. The lowest BCUT2D eigenvalue weighted by atomic mass is 9.86. The molecular weight excluding hydrogens is 340 g/mol. The Morgan fingerprint density at radius 2 is 2.12 bits per heavy atom. The lowest BCUT2D eigenvalue weighted by Crippen LogP contribution is -2.40. The molecule has 3 rings (SSSR count). The Kier molecular flexibility index (Phi) is 5.11. The van der Waals surface area contributed by atoms with Gasteiger partial charge in [-0.25, -0.2) is 4.98 Å². The van der Waals surface area contributed by atoms with E-state index in [4.69, 9.17) is 11.6 Å². The third-order valence-corrected chi connectivity index (χ3v) is 4.74. The number of piperidine rings is 1. The maximum absolute atomic E-state index is 12.7. The summed E-state index contributed by atoms with van der Waals surface area (Å²) < 4.78 is 0. The molecule has 0 radical (unpaired) electrons. The highest BCUT2D eigenvalue weighted by molar-refractivity contribution is 6.29. The minimum atomic E-state index is -0.651. The molecule has 1 saturated heterocycles. The number of aromatic nitrogens is 3. The number of carbonyl (C=O) groups excluding carboxylic acids is 1. The molecule has 6 nitrogen and oxygen atoms in total. The van der Waals surface area contributed by atoms with E-state index in [0.29, 0.717) is 35.5 Å². The zero-order valence-corrected chi connectivity index (χ0v) is 15.3. The van der Waals surface area contributed by atoms with Crippen LogP contribution in [-0.2, 0) is 0 Å². The summed E-state index contributed by atoms with van der Waals surface area (Å²) in [6, 6.07) is 5.26. The van der Waals surface area contributed by atoms with E-state index in [1.165, 1.54) is 0 Å². The number of likely N-dealkylation sites (tertiary alicyclic amines) is 1. The summed E-state index contributed by atoms with van der Waals surface area (Å²) in [5.41, 5.74) is 1.31.